The quantitative estimate of drug-likeness (QED) is 0.137. The molecule has 5 heteroatoms. The monoisotopic (exact) mass is 927 g/mol. The number of allylic oxidation sites excluding steroid dienone is 2. The third-order valence-corrected chi connectivity index (χ3v) is 14.1. The molecular weight excluding hydrogens is 853 g/mol. The van der Waals surface area contributed by atoms with Crippen molar-refractivity contribution in [2.45, 2.75) is 127 Å². The van der Waals surface area contributed by atoms with Gasteiger partial charge < -0.3 is 14.5 Å². The number of benzene rings is 6. The van der Waals surface area contributed by atoms with Gasteiger partial charge in [0.05, 0.1) is 17.7 Å². The van der Waals surface area contributed by atoms with Gasteiger partial charge in [-0.2, -0.15) is 0 Å². The number of hydrogen-bond donors (Lipinski definition) is 0. The minimum atomic E-state index is -0.197. The summed E-state index contributed by atoms with van der Waals surface area (Å²) in [5.41, 5.74) is 17.1. The Hall–Kier alpha value is -6.59. The lowest BCUT2D eigenvalue weighted by molar-refractivity contribution is 0.444. The number of nitrogens with zero attached hydrogens (tertiary/aromatic N) is 4. The van der Waals surface area contributed by atoms with Crippen LogP contribution in [0.3, 0.4) is 0 Å². The molecule has 360 valence electrons. The molecule has 5 nitrogen and oxygen atoms in total. The SMILES string of the molecule is CC(C)c1cc(C(C)C)c(-c2cccc(N3CN(c4cc(Oc5ccc6c7ccccc7n(-c7cc(C(C)(C)C)ccn7)c6c5)cc(-c5ccccc5)c4)C(C(C)(C)C)=C3C(C)(C)C)c2)c(C(C)C)c1. The van der Waals surface area contributed by atoms with Gasteiger partial charge in [0.1, 0.15) is 17.3 Å². The molecule has 70 heavy (non-hydrogen) atoms. The number of para-hydroxylation sites is 1. The number of pyridine rings is 1. The van der Waals surface area contributed by atoms with Crippen LogP contribution in [0.25, 0.3) is 49.9 Å². The third-order valence-electron chi connectivity index (χ3n) is 14.1. The predicted molar refractivity (Wildman–Crippen MR) is 299 cm³/mol. The van der Waals surface area contributed by atoms with Crippen molar-refractivity contribution >= 4 is 33.2 Å². The molecule has 1 aliphatic rings. The van der Waals surface area contributed by atoms with Crippen molar-refractivity contribution in [2.75, 3.05) is 16.5 Å². The van der Waals surface area contributed by atoms with Crippen LogP contribution in [-0.4, -0.2) is 16.2 Å². The molecule has 0 atom stereocenters. The summed E-state index contributed by atoms with van der Waals surface area (Å²) in [5.74, 6) is 3.68. The molecule has 0 saturated carbocycles. The molecule has 0 saturated heterocycles. The van der Waals surface area contributed by atoms with Gasteiger partial charge in [0, 0.05) is 62.7 Å². The Morgan fingerprint density at radius 1 is 0.471 bits per heavy atom. The van der Waals surface area contributed by atoms with Gasteiger partial charge in [0.2, 0.25) is 0 Å². The summed E-state index contributed by atoms with van der Waals surface area (Å²) in [6, 6.07) is 51.3. The van der Waals surface area contributed by atoms with Crippen LogP contribution in [0.2, 0.25) is 0 Å². The summed E-state index contributed by atoms with van der Waals surface area (Å²) in [6.07, 6.45) is 1.94. The molecule has 0 spiro atoms. The average Bonchev–Trinajstić information content (AvgIpc) is 3.89. The second-order valence-electron chi connectivity index (χ2n) is 23.7. The Kier molecular flexibility index (Phi) is 12.7. The summed E-state index contributed by atoms with van der Waals surface area (Å²) >= 11 is 0. The summed E-state index contributed by atoms with van der Waals surface area (Å²) < 4.78 is 9.39. The van der Waals surface area contributed by atoms with Crippen LogP contribution in [0.4, 0.5) is 11.4 Å². The topological polar surface area (TPSA) is 33.5 Å². The Morgan fingerprint density at radius 2 is 1.07 bits per heavy atom. The highest BCUT2D eigenvalue weighted by atomic mass is 16.5. The molecule has 6 aromatic carbocycles. The molecule has 0 fully saturated rings. The van der Waals surface area contributed by atoms with E-state index in [0.717, 1.165) is 50.6 Å². The molecule has 1 aliphatic heterocycles. The van der Waals surface area contributed by atoms with Gasteiger partial charge in [-0.05, 0) is 122 Å². The summed E-state index contributed by atoms with van der Waals surface area (Å²) in [4.78, 5) is 10.1. The van der Waals surface area contributed by atoms with Crippen molar-refractivity contribution in [3.8, 4) is 39.6 Å². The zero-order chi connectivity index (χ0) is 50.0. The van der Waals surface area contributed by atoms with Crippen molar-refractivity contribution in [1.29, 1.82) is 0 Å². The van der Waals surface area contributed by atoms with Crippen LogP contribution in [0.5, 0.6) is 11.5 Å². The van der Waals surface area contributed by atoms with Crippen LogP contribution < -0.4 is 14.5 Å². The smallest absolute Gasteiger partial charge is 0.137 e. The Bertz CT molecular complexity index is 3230. The lowest BCUT2D eigenvalue weighted by Gasteiger charge is -2.34. The molecule has 9 rings (SSSR count). The maximum Gasteiger partial charge on any atom is 0.137 e. The van der Waals surface area contributed by atoms with Gasteiger partial charge in [-0.1, -0.05) is 177 Å². The first-order valence-corrected chi connectivity index (χ1v) is 25.6. The van der Waals surface area contributed by atoms with Gasteiger partial charge in [-0.15, -0.1) is 0 Å². The molecule has 0 bridgehead atoms. The molecule has 0 N–H and O–H groups in total. The lowest BCUT2D eigenvalue weighted by atomic mass is 9.81. The first-order chi connectivity index (χ1) is 33.1. The highest BCUT2D eigenvalue weighted by Crippen LogP contribution is 2.50. The van der Waals surface area contributed by atoms with E-state index in [1.165, 1.54) is 55.8 Å². The number of anilines is 2. The van der Waals surface area contributed by atoms with Gasteiger partial charge in [0.25, 0.3) is 0 Å². The van der Waals surface area contributed by atoms with Gasteiger partial charge >= 0.3 is 0 Å². The average molecular weight is 927 g/mol. The van der Waals surface area contributed by atoms with Gasteiger partial charge in [-0.3, -0.25) is 4.57 Å². The Labute approximate surface area is 418 Å². The maximum absolute atomic E-state index is 7.10. The standard InChI is InChI=1S/C65H74N4O/c1-41(2)46-35-55(42(3)4)60(56(36-46)43(5)6)45-24-21-25-49(32-45)67-40-68(62(65(13,14)15)61(67)64(10,11)12)50-33-47(44-22-17-16-18-23-44)34-52(38-50)70-51-28-29-54-53-26-19-20-27-57(53)69(58(54)39-51)59-37-48(30-31-66-59)63(7,8)9/h16-39,41-43H,40H2,1-15H3. The van der Waals surface area contributed by atoms with Crippen LogP contribution in [0.1, 0.15) is 144 Å². The molecule has 0 unspecified atom stereocenters. The molecule has 2 aromatic heterocycles. The van der Waals surface area contributed by atoms with Crippen LogP contribution in [0.15, 0.2) is 157 Å². The van der Waals surface area contributed by atoms with Crippen molar-refractivity contribution < 1.29 is 4.74 Å². The molecular formula is C65H74N4O. The molecule has 0 amide bonds. The van der Waals surface area contributed by atoms with Crippen LogP contribution in [-0.2, 0) is 5.41 Å². The number of rotatable bonds is 10. The zero-order valence-electron chi connectivity index (χ0n) is 44.5. The largest absolute Gasteiger partial charge is 0.457 e. The lowest BCUT2D eigenvalue weighted by Crippen LogP contribution is -2.31. The fraction of sp³-hybridized carbons (Fsp3) is 0.338. The molecule has 0 aliphatic carbocycles. The van der Waals surface area contributed by atoms with E-state index in [2.05, 4.69) is 258 Å². The zero-order valence-corrected chi connectivity index (χ0v) is 44.5. The van der Waals surface area contributed by atoms with E-state index in [1.807, 2.05) is 6.20 Å². The van der Waals surface area contributed by atoms with Crippen molar-refractivity contribution in [1.82, 2.24) is 9.55 Å². The summed E-state index contributed by atoms with van der Waals surface area (Å²) in [6.45, 7) is 35.6. The number of hydrogen-bond acceptors (Lipinski definition) is 4. The van der Waals surface area contributed by atoms with E-state index in [1.54, 1.807) is 0 Å². The fourth-order valence-electron chi connectivity index (χ4n) is 10.6. The van der Waals surface area contributed by atoms with E-state index in [-0.39, 0.29) is 16.2 Å². The van der Waals surface area contributed by atoms with Gasteiger partial charge in [0.15, 0.2) is 0 Å². The molecule has 8 aromatic rings. The number of aromatic nitrogens is 2. The summed E-state index contributed by atoms with van der Waals surface area (Å²) in [7, 11) is 0. The highest BCUT2D eigenvalue weighted by Gasteiger charge is 2.42. The first kappa shape index (κ1) is 48.4. The minimum Gasteiger partial charge on any atom is -0.457 e. The van der Waals surface area contributed by atoms with Gasteiger partial charge in [-0.25, -0.2) is 4.98 Å². The fourth-order valence-corrected chi connectivity index (χ4v) is 10.6. The Balaban J connectivity index is 1.18. The van der Waals surface area contributed by atoms with E-state index < -0.39 is 0 Å². The number of ether oxygens (including phenoxy) is 1. The highest BCUT2D eigenvalue weighted by molar-refractivity contribution is 6.09. The van der Waals surface area contributed by atoms with Crippen LogP contribution in [0, 0.1) is 10.8 Å². The minimum absolute atomic E-state index is 0.0204. The van der Waals surface area contributed by atoms with E-state index in [9.17, 15) is 0 Å². The summed E-state index contributed by atoms with van der Waals surface area (Å²) in [5, 5.41) is 2.35. The van der Waals surface area contributed by atoms with Crippen molar-refractivity contribution in [3.05, 3.63) is 179 Å². The molecule has 3 heterocycles. The van der Waals surface area contributed by atoms with E-state index >= 15 is 0 Å². The second kappa shape index (κ2) is 18.3. The first-order valence-electron chi connectivity index (χ1n) is 25.6. The van der Waals surface area contributed by atoms with Crippen molar-refractivity contribution in [3.63, 3.8) is 0 Å². The maximum atomic E-state index is 7.10. The third kappa shape index (κ3) is 9.28. The van der Waals surface area contributed by atoms with Crippen LogP contribution >= 0.6 is 0 Å². The Morgan fingerprint density at radius 3 is 1.70 bits per heavy atom. The van der Waals surface area contributed by atoms with E-state index in [0.29, 0.717) is 24.4 Å². The second-order valence-corrected chi connectivity index (χ2v) is 23.7. The number of fused-ring (bicyclic) bond motifs is 3. The molecule has 0 radical (unpaired) electrons. The van der Waals surface area contributed by atoms with Crippen molar-refractivity contribution in [2.24, 2.45) is 10.8 Å². The van der Waals surface area contributed by atoms with E-state index in [4.69, 9.17) is 9.72 Å². The predicted octanol–water partition coefficient (Wildman–Crippen LogP) is 18.6. The normalized spacial score (nSPS) is 13.9.